The molecule has 1 aromatic carbocycles. The molecule has 2 heterocycles. The summed E-state index contributed by atoms with van der Waals surface area (Å²) in [6, 6.07) is 4.47. The van der Waals surface area contributed by atoms with Crippen molar-refractivity contribution in [1.29, 1.82) is 5.26 Å². The van der Waals surface area contributed by atoms with E-state index in [0.29, 0.717) is 32.4 Å². The Labute approximate surface area is 184 Å². The summed E-state index contributed by atoms with van der Waals surface area (Å²) >= 11 is 5.73. The molecule has 3 rings (SSSR count). The third kappa shape index (κ3) is 5.81. The lowest BCUT2D eigenvalue weighted by Gasteiger charge is -2.35. The molecule has 0 aliphatic carbocycles. The summed E-state index contributed by atoms with van der Waals surface area (Å²) in [6.07, 6.45) is 4.41. The molecule has 2 fully saturated rings. The highest BCUT2D eigenvalue weighted by atomic mass is 35.5. The Kier molecular flexibility index (Phi) is 7.60. The van der Waals surface area contributed by atoms with Crippen molar-refractivity contribution in [3.05, 3.63) is 40.7 Å². The Bertz CT molecular complexity index is 932. The predicted octanol–water partition coefficient (Wildman–Crippen LogP) is 1.52. The molecular formula is C21H23ClFN5O3. The van der Waals surface area contributed by atoms with Crippen LogP contribution in [0, 0.1) is 23.1 Å². The third-order valence-corrected chi connectivity index (χ3v) is 5.55. The fourth-order valence-electron chi connectivity index (χ4n) is 3.66. The first kappa shape index (κ1) is 22.7. The molecule has 2 aliphatic heterocycles. The van der Waals surface area contributed by atoms with Gasteiger partial charge in [0.15, 0.2) is 0 Å². The number of halogens is 2. The first-order valence-corrected chi connectivity index (χ1v) is 10.4. The van der Waals surface area contributed by atoms with Gasteiger partial charge in [0.2, 0.25) is 11.8 Å². The van der Waals surface area contributed by atoms with Gasteiger partial charge in [0.1, 0.15) is 17.9 Å². The van der Waals surface area contributed by atoms with Crippen molar-refractivity contribution in [2.45, 2.75) is 37.8 Å². The van der Waals surface area contributed by atoms with Crippen molar-refractivity contribution in [2.24, 2.45) is 5.92 Å². The number of amides is 3. The van der Waals surface area contributed by atoms with Crippen molar-refractivity contribution in [3.8, 4) is 6.07 Å². The lowest BCUT2D eigenvalue weighted by Crippen LogP contribution is -2.59. The Morgan fingerprint density at radius 1 is 1.39 bits per heavy atom. The number of rotatable bonds is 6. The Morgan fingerprint density at radius 3 is 2.87 bits per heavy atom. The molecule has 1 aromatic rings. The number of nitriles is 1. The highest BCUT2D eigenvalue weighted by molar-refractivity contribution is 6.30. The summed E-state index contributed by atoms with van der Waals surface area (Å²) in [5.41, 5.74) is 3.08. The third-order valence-electron chi connectivity index (χ3n) is 5.31. The average molecular weight is 448 g/mol. The number of benzene rings is 1. The first-order chi connectivity index (χ1) is 14.9. The van der Waals surface area contributed by atoms with Crippen LogP contribution < -0.4 is 16.1 Å². The van der Waals surface area contributed by atoms with Crippen LogP contribution in [0.15, 0.2) is 24.3 Å². The van der Waals surface area contributed by atoms with E-state index in [4.69, 9.17) is 11.6 Å². The standard InChI is InChI=1S/C21H23ClFN5O3/c22-15-5-3-13(17(23)11-15)4-6-19(29)28-18(2-1-8-26-28)21(31)27-16(12-24)10-14-7-9-25-20(14)30/h3-6,11,14,16,18,26H,1-2,7-10H2,(H,25,30)(H,27,31)/b6-4+/t14?,16-,18?/m0/s1. The summed E-state index contributed by atoms with van der Waals surface area (Å²) in [4.78, 5) is 37.2. The van der Waals surface area contributed by atoms with E-state index >= 15 is 0 Å². The van der Waals surface area contributed by atoms with E-state index in [-0.39, 0.29) is 28.8 Å². The Morgan fingerprint density at radius 2 is 2.19 bits per heavy atom. The van der Waals surface area contributed by atoms with E-state index in [1.165, 1.54) is 29.3 Å². The molecule has 0 aromatic heterocycles. The van der Waals surface area contributed by atoms with Crippen LogP contribution in [0.25, 0.3) is 6.08 Å². The zero-order chi connectivity index (χ0) is 22.4. The van der Waals surface area contributed by atoms with Crippen molar-refractivity contribution in [3.63, 3.8) is 0 Å². The van der Waals surface area contributed by atoms with Crippen molar-refractivity contribution in [1.82, 2.24) is 21.1 Å². The highest BCUT2D eigenvalue weighted by Crippen LogP contribution is 2.18. The maximum Gasteiger partial charge on any atom is 0.261 e. The minimum absolute atomic E-state index is 0.120. The van der Waals surface area contributed by atoms with Crippen molar-refractivity contribution >= 4 is 35.4 Å². The topological polar surface area (TPSA) is 114 Å². The number of hydrazine groups is 1. The van der Waals surface area contributed by atoms with Crippen LogP contribution in [-0.2, 0) is 14.4 Å². The second-order valence-electron chi connectivity index (χ2n) is 7.48. The first-order valence-electron chi connectivity index (χ1n) is 10.1. The van der Waals surface area contributed by atoms with Gasteiger partial charge in [-0.3, -0.25) is 19.4 Å². The van der Waals surface area contributed by atoms with Crippen LogP contribution in [0.2, 0.25) is 5.02 Å². The fraction of sp³-hybridized carbons (Fsp3) is 0.429. The van der Waals surface area contributed by atoms with Gasteiger partial charge in [-0.15, -0.1) is 0 Å². The molecule has 0 saturated carbocycles. The normalized spacial score (nSPS) is 22.1. The number of nitrogens with zero attached hydrogens (tertiary/aromatic N) is 2. The van der Waals surface area contributed by atoms with E-state index in [1.54, 1.807) is 0 Å². The Hall–Kier alpha value is -2.96. The molecule has 0 spiro atoms. The van der Waals surface area contributed by atoms with Crippen molar-refractivity contribution in [2.75, 3.05) is 13.1 Å². The van der Waals surface area contributed by atoms with Gasteiger partial charge in [-0.2, -0.15) is 5.26 Å². The number of carbonyl (C=O) groups is 3. The summed E-state index contributed by atoms with van der Waals surface area (Å²) in [7, 11) is 0. The largest absolute Gasteiger partial charge is 0.356 e. The van der Waals surface area contributed by atoms with Crippen LogP contribution in [0.5, 0.6) is 0 Å². The van der Waals surface area contributed by atoms with Crippen LogP contribution in [0.4, 0.5) is 4.39 Å². The monoisotopic (exact) mass is 447 g/mol. The molecule has 3 atom stereocenters. The van der Waals surface area contributed by atoms with Gasteiger partial charge >= 0.3 is 0 Å². The summed E-state index contributed by atoms with van der Waals surface area (Å²) in [6.45, 7) is 1.06. The summed E-state index contributed by atoms with van der Waals surface area (Å²) < 4.78 is 13.9. The van der Waals surface area contributed by atoms with Crippen LogP contribution in [0.3, 0.4) is 0 Å². The Balaban J connectivity index is 1.65. The van der Waals surface area contributed by atoms with Gasteiger partial charge in [-0.25, -0.2) is 9.82 Å². The fourth-order valence-corrected chi connectivity index (χ4v) is 3.82. The molecule has 164 valence electrons. The van der Waals surface area contributed by atoms with Crippen LogP contribution in [0.1, 0.15) is 31.2 Å². The highest BCUT2D eigenvalue weighted by Gasteiger charge is 2.34. The van der Waals surface area contributed by atoms with Gasteiger partial charge in [-0.05, 0) is 43.9 Å². The van der Waals surface area contributed by atoms with E-state index in [2.05, 4.69) is 16.1 Å². The molecule has 2 unspecified atom stereocenters. The van der Waals surface area contributed by atoms with Gasteiger partial charge in [0.05, 0.1) is 6.07 Å². The van der Waals surface area contributed by atoms with Gasteiger partial charge in [0.25, 0.3) is 5.91 Å². The molecule has 2 aliphatic rings. The molecule has 3 amide bonds. The van der Waals surface area contributed by atoms with Crippen LogP contribution >= 0.6 is 11.6 Å². The quantitative estimate of drug-likeness (QED) is 0.572. The van der Waals surface area contributed by atoms with Gasteiger partial charge in [0, 0.05) is 35.7 Å². The average Bonchev–Trinajstić information content (AvgIpc) is 3.16. The van der Waals surface area contributed by atoms with E-state index in [1.807, 2.05) is 6.07 Å². The van der Waals surface area contributed by atoms with E-state index < -0.39 is 29.7 Å². The lowest BCUT2D eigenvalue weighted by molar-refractivity contribution is -0.143. The number of hydrogen-bond acceptors (Lipinski definition) is 5. The number of nitrogens with one attached hydrogen (secondary N) is 3. The van der Waals surface area contributed by atoms with Crippen LogP contribution in [-0.4, -0.2) is 47.9 Å². The maximum absolute atomic E-state index is 13.9. The second kappa shape index (κ2) is 10.4. The maximum atomic E-state index is 13.9. The predicted molar refractivity (Wildman–Crippen MR) is 112 cm³/mol. The molecule has 31 heavy (non-hydrogen) atoms. The molecule has 2 saturated heterocycles. The lowest BCUT2D eigenvalue weighted by atomic mass is 9.98. The van der Waals surface area contributed by atoms with Gasteiger partial charge < -0.3 is 10.6 Å². The van der Waals surface area contributed by atoms with Crippen molar-refractivity contribution < 1.29 is 18.8 Å². The number of hydrogen-bond donors (Lipinski definition) is 3. The summed E-state index contributed by atoms with van der Waals surface area (Å²) in [5, 5.41) is 16.2. The van der Waals surface area contributed by atoms with Gasteiger partial charge in [-0.1, -0.05) is 17.7 Å². The molecule has 3 N–H and O–H groups in total. The molecule has 0 bridgehead atoms. The number of carbonyl (C=O) groups excluding carboxylic acids is 3. The van der Waals surface area contributed by atoms with E-state index in [0.717, 1.165) is 6.07 Å². The second-order valence-corrected chi connectivity index (χ2v) is 7.91. The molecule has 8 nitrogen and oxygen atoms in total. The SMILES string of the molecule is N#C[C@H](CC1CCNC1=O)NC(=O)C1CCCNN1C(=O)/C=C/c1ccc(Cl)cc1F. The smallest absolute Gasteiger partial charge is 0.261 e. The minimum atomic E-state index is -0.834. The molecule has 10 heteroatoms. The molecular weight excluding hydrogens is 425 g/mol. The minimum Gasteiger partial charge on any atom is -0.356 e. The summed E-state index contributed by atoms with van der Waals surface area (Å²) in [5.74, 6) is -1.99. The zero-order valence-electron chi connectivity index (χ0n) is 16.7. The van der Waals surface area contributed by atoms with E-state index in [9.17, 15) is 24.0 Å². The zero-order valence-corrected chi connectivity index (χ0v) is 17.5. The molecule has 0 radical (unpaired) electrons.